The van der Waals surface area contributed by atoms with Crippen LogP contribution in [0.4, 0.5) is 0 Å². The molecular weight excluding hydrogens is 251 g/mol. The maximum Gasteiger partial charge on any atom is 0.313 e. The van der Waals surface area contributed by atoms with E-state index in [1.54, 1.807) is 0 Å². The van der Waals surface area contributed by atoms with Crippen LogP contribution >= 0.6 is 7.37 Å². The van der Waals surface area contributed by atoms with E-state index in [0.717, 1.165) is 12.8 Å². The summed E-state index contributed by atoms with van der Waals surface area (Å²) in [5, 5.41) is 8.66. The first-order chi connectivity index (χ1) is 8.56. The van der Waals surface area contributed by atoms with Crippen molar-refractivity contribution in [3.8, 4) is 0 Å². The summed E-state index contributed by atoms with van der Waals surface area (Å²) in [4.78, 5) is 10.6. The number of hydrogen-bond donors (Lipinski definition) is 1. The molecule has 100 valence electrons. The van der Waals surface area contributed by atoms with Crippen LogP contribution in [0.1, 0.15) is 18.4 Å². The summed E-state index contributed by atoms with van der Waals surface area (Å²) in [6, 6.07) is 10.0. The topological polar surface area (TPSA) is 63.6 Å². The van der Waals surface area contributed by atoms with Crippen molar-refractivity contribution in [1.82, 2.24) is 0 Å². The van der Waals surface area contributed by atoms with Gasteiger partial charge in [-0.25, -0.2) is 0 Å². The summed E-state index contributed by atoms with van der Waals surface area (Å²) >= 11 is 0. The van der Waals surface area contributed by atoms with Crippen LogP contribution < -0.4 is 0 Å². The first-order valence-corrected chi connectivity index (χ1v) is 7.95. The average Bonchev–Trinajstić information content (AvgIpc) is 2.35. The highest BCUT2D eigenvalue weighted by molar-refractivity contribution is 7.59. The Kier molecular flexibility index (Phi) is 6.10. The van der Waals surface area contributed by atoms with Gasteiger partial charge >= 0.3 is 5.97 Å². The zero-order valence-electron chi connectivity index (χ0n) is 10.5. The Morgan fingerprint density at radius 3 is 2.50 bits per heavy atom. The number of rotatable bonds is 8. The summed E-state index contributed by atoms with van der Waals surface area (Å²) in [5.74, 6) is -1.07. The van der Waals surface area contributed by atoms with Crippen LogP contribution in [-0.2, 0) is 20.3 Å². The monoisotopic (exact) mass is 270 g/mol. The van der Waals surface area contributed by atoms with Crippen molar-refractivity contribution in [3.05, 3.63) is 35.9 Å². The van der Waals surface area contributed by atoms with Crippen LogP contribution in [0.2, 0.25) is 0 Å². The predicted molar refractivity (Wildman–Crippen MR) is 71.4 cm³/mol. The van der Waals surface area contributed by atoms with E-state index in [0.29, 0.717) is 12.6 Å². The molecule has 0 fully saturated rings. The van der Waals surface area contributed by atoms with E-state index in [1.807, 2.05) is 30.3 Å². The molecule has 5 heteroatoms. The molecule has 0 aliphatic carbocycles. The van der Waals surface area contributed by atoms with Gasteiger partial charge in [0.2, 0.25) is 7.37 Å². The van der Waals surface area contributed by atoms with Gasteiger partial charge in [-0.15, -0.1) is 0 Å². The Hall–Kier alpha value is -1.12. The molecule has 18 heavy (non-hydrogen) atoms. The van der Waals surface area contributed by atoms with Gasteiger partial charge in [0.15, 0.2) is 0 Å². The van der Waals surface area contributed by atoms with E-state index >= 15 is 0 Å². The average molecular weight is 270 g/mol. The minimum Gasteiger partial charge on any atom is -0.481 e. The van der Waals surface area contributed by atoms with Gasteiger partial charge < -0.3 is 9.63 Å². The fraction of sp³-hybridized carbons (Fsp3) is 0.462. The predicted octanol–water partition coefficient (Wildman–Crippen LogP) is 3.02. The van der Waals surface area contributed by atoms with Crippen LogP contribution in [0, 0.1) is 0 Å². The summed E-state index contributed by atoms with van der Waals surface area (Å²) in [5.41, 5.74) is 1.24. The Labute approximate surface area is 107 Å². The lowest BCUT2D eigenvalue weighted by Crippen LogP contribution is -2.07. The molecule has 0 aliphatic heterocycles. The molecule has 1 aromatic carbocycles. The molecule has 1 aromatic rings. The third-order valence-electron chi connectivity index (χ3n) is 2.77. The van der Waals surface area contributed by atoms with E-state index in [4.69, 9.17) is 9.63 Å². The second kappa shape index (κ2) is 7.34. The number of unbranched alkanes of at least 4 members (excludes halogenated alkanes) is 1. The third kappa shape index (κ3) is 5.48. The Balaban J connectivity index is 2.32. The van der Waals surface area contributed by atoms with Gasteiger partial charge in [-0.1, -0.05) is 30.3 Å². The lowest BCUT2D eigenvalue weighted by molar-refractivity contribution is -0.134. The molecule has 4 nitrogen and oxygen atoms in total. The Bertz CT molecular complexity index is 416. The Morgan fingerprint density at radius 1 is 1.28 bits per heavy atom. The zero-order valence-corrected chi connectivity index (χ0v) is 11.4. The molecule has 0 saturated heterocycles. The molecule has 0 spiro atoms. The molecule has 1 unspecified atom stereocenters. The van der Waals surface area contributed by atoms with Crippen molar-refractivity contribution >= 4 is 13.3 Å². The fourth-order valence-corrected chi connectivity index (χ4v) is 3.35. The number of carbonyl (C=O) groups is 1. The molecule has 0 aromatic heterocycles. The summed E-state index contributed by atoms with van der Waals surface area (Å²) < 4.78 is 16.9. The standard InChI is InChI=1S/C13H19O4P/c1-17-18(16,11-13(14)15)10-6-5-9-12-7-3-2-4-8-12/h2-4,7-8H,5-6,9-11H2,1H3,(H,14,15). The van der Waals surface area contributed by atoms with E-state index in [9.17, 15) is 9.36 Å². The lowest BCUT2D eigenvalue weighted by Gasteiger charge is -2.13. The van der Waals surface area contributed by atoms with E-state index < -0.39 is 13.3 Å². The van der Waals surface area contributed by atoms with Gasteiger partial charge in [0.05, 0.1) is 0 Å². The first-order valence-electron chi connectivity index (χ1n) is 5.95. The van der Waals surface area contributed by atoms with Gasteiger partial charge in [-0.3, -0.25) is 9.36 Å². The molecular formula is C13H19O4P. The maximum atomic E-state index is 12.0. The van der Waals surface area contributed by atoms with Gasteiger partial charge in [0, 0.05) is 13.3 Å². The largest absolute Gasteiger partial charge is 0.481 e. The number of carboxylic acid groups (broad SMARTS) is 1. The molecule has 0 saturated carbocycles. The van der Waals surface area contributed by atoms with Crippen molar-refractivity contribution in [2.24, 2.45) is 0 Å². The number of hydrogen-bond acceptors (Lipinski definition) is 3. The summed E-state index contributed by atoms with van der Waals surface area (Å²) in [7, 11) is -1.66. The van der Waals surface area contributed by atoms with Crippen molar-refractivity contribution in [2.45, 2.75) is 19.3 Å². The molecule has 1 N–H and O–H groups in total. The van der Waals surface area contributed by atoms with Crippen LogP contribution in [0.25, 0.3) is 0 Å². The first kappa shape index (κ1) is 14.9. The summed E-state index contributed by atoms with van der Waals surface area (Å²) in [6.45, 7) is 0. The third-order valence-corrected chi connectivity index (χ3v) is 5.18. The van der Waals surface area contributed by atoms with Gasteiger partial charge in [0.1, 0.15) is 6.16 Å². The van der Waals surface area contributed by atoms with Crippen LogP contribution in [0.5, 0.6) is 0 Å². The van der Waals surface area contributed by atoms with Gasteiger partial charge in [-0.2, -0.15) is 0 Å². The normalized spacial score (nSPS) is 14.1. The second-order valence-corrected chi connectivity index (χ2v) is 6.97. The van der Waals surface area contributed by atoms with Gasteiger partial charge in [-0.05, 0) is 24.8 Å². The number of benzene rings is 1. The number of aliphatic carboxylic acids is 1. The molecule has 0 aliphatic rings. The molecule has 1 rings (SSSR count). The smallest absolute Gasteiger partial charge is 0.313 e. The highest BCUT2D eigenvalue weighted by atomic mass is 31.2. The van der Waals surface area contributed by atoms with Crippen LogP contribution in [-0.4, -0.2) is 30.5 Å². The highest BCUT2D eigenvalue weighted by Gasteiger charge is 2.24. The van der Waals surface area contributed by atoms with Crippen molar-refractivity contribution < 1.29 is 19.0 Å². The quantitative estimate of drug-likeness (QED) is 0.582. The summed E-state index contributed by atoms with van der Waals surface area (Å²) in [6.07, 6.45) is 2.47. The second-order valence-electron chi connectivity index (χ2n) is 4.22. The molecule has 0 radical (unpaired) electrons. The maximum absolute atomic E-state index is 12.0. The molecule has 0 heterocycles. The molecule has 0 bridgehead atoms. The number of aryl methyl sites for hydroxylation is 1. The minimum atomic E-state index is -2.98. The SMILES string of the molecule is COP(=O)(CCCCc1ccccc1)CC(=O)O. The lowest BCUT2D eigenvalue weighted by atomic mass is 10.1. The zero-order chi connectivity index (χ0) is 13.4. The van der Waals surface area contributed by atoms with Crippen molar-refractivity contribution in [3.63, 3.8) is 0 Å². The fourth-order valence-electron chi connectivity index (χ4n) is 1.77. The van der Waals surface area contributed by atoms with Crippen molar-refractivity contribution in [1.29, 1.82) is 0 Å². The van der Waals surface area contributed by atoms with Crippen molar-refractivity contribution in [2.75, 3.05) is 19.4 Å². The highest BCUT2D eigenvalue weighted by Crippen LogP contribution is 2.46. The molecule has 0 amide bonds. The molecule has 1 atom stereocenters. The van der Waals surface area contributed by atoms with Crippen LogP contribution in [0.15, 0.2) is 30.3 Å². The number of carboxylic acids is 1. The van der Waals surface area contributed by atoms with E-state index in [1.165, 1.54) is 12.7 Å². The van der Waals surface area contributed by atoms with E-state index in [2.05, 4.69) is 0 Å². The minimum absolute atomic E-state index is 0.336. The Morgan fingerprint density at radius 2 is 1.94 bits per heavy atom. The van der Waals surface area contributed by atoms with Gasteiger partial charge in [0.25, 0.3) is 0 Å². The van der Waals surface area contributed by atoms with E-state index in [-0.39, 0.29) is 6.16 Å². The van der Waals surface area contributed by atoms with Crippen LogP contribution in [0.3, 0.4) is 0 Å².